The summed E-state index contributed by atoms with van der Waals surface area (Å²) in [5.74, 6) is 6.26. The topological polar surface area (TPSA) is 47.3 Å². The van der Waals surface area contributed by atoms with Crippen LogP contribution in [0.2, 0.25) is 0 Å². The Morgan fingerprint density at radius 2 is 1.86 bits per heavy atom. The maximum atomic E-state index is 5.67. The number of hydrogen-bond acceptors (Lipinski definition) is 3. The third-order valence-corrected chi connectivity index (χ3v) is 2.59. The predicted molar refractivity (Wildman–Crippen MR) is 60.9 cm³/mol. The summed E-state index contributed by atoms with van der Waals surface area (Å²) in [7, 11) is 0. The zero-order chi connectivity index (χ0) is 11.2. The van der Waals surface area contributed by atoms with Crippen LogP contribution < -0.4 is 11.3 Å². The second-order valence-electron chi connectivity index (χ2n) is 4.73. The van der Waals surface area contributed by atoms with Crippen molar-refractivity contribution in [1.82, 2.24) is 5.43 Å². The molecule has 0 fully saturated rings. The van der Waals surface area contributed by atoms with E-state index in [1.807, 2.05) is 6.92 Å². The van der Waals surface area contributed by atoms with Gasteiger partial charge in [0.25, 0.3) is 0 Å². The molecule has 0 saturated heterocycles. The Bertz CT molecular complexity index is 146. The average Bonchev–Trinajstić information content (AvgIpc) is 2.03. The Balaban J connectivity index is 4.10. The standard InChI is InChI=1S/C11H26N2O/c1-6-14-11(4,5)10(13-12)8-7-9(2)3/h9-10,13H,6-8,12H2,1-5H3. The molecule has 14 heavy (non-hydrogen) atoms. The molecular weight excluding hydrogens is 176 g/mol. The molecule has 0 aliphatic rings. The third kappa shape index (κ3) is 4.94. The van der Waals surface area contributed by atoms with Crippen molar-refractivity contribution in [3.63, 3.8) is 0 Å². The molecule has 0 bridgehead atoms. The van der Waals surface area contributed by atoms with Gasteiger partial charge in [0.05, 0.1) is 5.60 Å². The fourth-order valence-electron chi connectivity index (χ4n) is 1.60. The quantitative estimate of drug-likeness (QED) is 0.491. The molecule has 0 amide bonds. The molecule has 0 radical (unpaired) electrons. The van der Waals surface area contributed by atoms with Crippen LogP contribution in [-0.4, -0.2) is 18.2 Å². The van der Waals surface area contributed by atoms with E-state index >= 15 is 0 Å². The molecule has 0 aliphatic heterocycles. The minimum absolute atomic E-state index is 0.182. The molecule has 1 atom stereocenters. The van der Waals surface area contributed by atoms with E-state index in [0.717, 1.165) is 13.0 Å². The smallest absolute Gasteiger partial charge is 0.0792 e. The largest absolute Gasteiger partial charge is 0.374 e. The molecule has 0 spiro atoms. The van der Waals surface area contributed by atoms with Crippen LogP contribution in [0.15, 0.2) is 0 Å². The van der Waals surface area contributed by atoms with Crippen LogP contribution in [0, 0.1) is 5.92 Å². The van der Waals surface area contributed by atoms with Crippen molar-refractivity contribution in [2.24, 2.45) is 11.8 Å². The normalized spacial score (nSPS) is 14.8. The highest BCUT2D eigenvalue weighted by Gasteiger charge is 2.28. The van der Waals surface area contributed by atoms with Crippen LogP contribution in [0.3, 0.4) is 0 Å². The van der Waals surface area contributed by atoms with Crippen LogP contribution in [0.1, 0.15) is 47.5 Å². The van der Waals surface area contributed by atoms with Crippen LogP contribution >= 0.6 is 0 Å². The fourth-order valence-corrected chi connectivity index (χ4v) is 1.60. The van der Waals surface area contributed by atoms with E-state index in [2.05, 4.69) is 33.1 Å². The van der Waals surface area contributed by atoms with Crippen molar-refractivity contribution in [2.75, 3.05) is 6.61 Å². The van der Waals surface area contributed by atoms with E-state index in [1.165, 1.54) is 6.42 Å². The summed E-state index contributed by atoms with van der Waals surface area (Å²) in [6.45, 7) is 11.4. The first-order valence-electron chi connectivity index (χ1n) is 5.54. The second kappa shape index (κ2) is 6.38. The van der Waals surface area contributed by atoms with Crippen LogP contribution in [0.25, 0.3) is 0 Å². The zero-order valence-corrected chi connectivity index (χ0v) is 10.3. The highest BCUT2D eigenvalue weighted by atomic mass is 16.5. The number of rotatable bonds is 7. The van der Waals surface area contributed by atoms with Gasteiger partial charge in [0.15, 0.2) is 0 Å². The predicted octanol–water partition coefficient (Wildman–Crippen LogP) is 2.07. The number of hydrazine groups is 1. The third-order valence-electron chi connectivity index (χ3n) is 2.59. The van der Waals surface area contributed by atoms with Gasteiger partial charge in [-0.2, -0.15) is 0 Å². The van der Waals surface area contributed by atoms with Gasteiger partial charge >= 0.3 is 0 Å². The minimum Gasteiger partial charge on any atom is -0.374 e. The lowest BCUT2D eigenvalue weighted by atomic mass is 9.92. The molecule has 0 aromatic heterocycles. The van der Waals surface area contributed by atoms with Crippen molar-refractivity contribution in [1.29, 1.82) is 0 Å². The lowest BCUT2D eigenvalue weighted by Gasteiger charge is -2.34. The van der Waals surface area contributed by atoms with Crippen molar-refractivity contribution < 1.29 is 4.74 Å². The van der Waals surface area contributed by atoms with Crippen molar-refractivity contribution in [3.05, 3.63) is 0 Å². The molecule has 3 nitrogen and oxygen atoms in total. The van der Waals surface area contributed by atoms with Gasteiger partial charge in [0.2, 0.25) is 0 Å². The highest BCUT2D eigenvalue weighted by Crippen LogP contribution is 2.20. The minimum atomic E-state index is -0.182. The second-order valence-corrected chi connectivity index (χ2v) is 4.73. The van der Waals surface area contributed by atoms with Gasteiger partial charge in [-0.15, -0.1) is 0 Å². The van der Waals surface area contributed by atoms with Crippen molar-refractivity contribution in [3.8, 4) is 0 Å². The number of nitrogens with one attached hydrogen (secondary N) is 1. The summed E-state index contributed by atoms with van der Waals surface area (Å²) in [4.78, 5) is 0. The molecular formula is C11H26N2O. The van der Waals surface area contributed by atoms with E-state index < -0.39 is 0 Å². The molecule has 1 unspecified atom stereocenters. The zero-order valence-electron chi connectivity index (χ0n) is 10.3. The van der Waals surface area contributed by atoms with Gasteiger partial charge < -0.3 is 4.74 Å². The van der Waals surface area contributed by atoms with Gasteiger partial charge in [-0.05, 0) is 39.5 Å². The number of hydrogen-bond donors (Lipinski definition) is 2. The number of nitrogens with two attached hydrogens (primary N) is 1. The molecule has 86 valence electrons. The fraction of sp³-hybridized carbons (Fsp3) is 1.00. The van der Waals surface area contributed by atoms with Crippen molar-refractivity contribution >= 4 is 0 Å². The summed E-state index contributed by atoms with van der Waals surface area (Å²) < 4.78 is 5.67. The Morgan fingerprint density at radius 1 is 1.29 bits per heavy atom. The first kappa shape index (κ1) is 13.9. The summed E-state index contributed by atoms with van der Waals surface area (Å²) in [6, 6.07) is 0.227. The van der Waals surface area contributed by atoms with E-state index in [-0.39, 0.29) is 11.6 Å². The first-order valence-corrected chi connectivity index (χ1v) is 5.54. The monoisotopic (exact) mass is 202 g/mol. The van der Waals surface area contributed by atoms with Gasteiger partial charge in [0.1, 0.15) is 0 Å². The van der Waals surface area contributed by atoms with Crippen LogP contribution in [0.4, 0.5) is 0 Å². The SMILES string of the molecule is CCOC(C)(C)C(CCC(C)C)NN. The van der Waals surface area contributed by atoms with Gasteiger partial charge in [0, 0.05) is 12.6 Å². The molecule has 0 rings (SSSR count). The van der Waals surface area contributed by atoms with Crippen LogP contribution in [0.5, 0.6) is 0 Å². The number of ether oxygens (including phenoxy) is 1. The molecule has 0 aromatic carbocycles. The Hall–Kier alpha value is -0.120. The maximum absolute atomic E-state index is 5.67. The Morgan fingerprint density at radius 3 is 2.21 bits per heavy atom. The Kier molecular flexibility index (Phi) is 6.33. The highest BCUT2D eigenvalue weighted by molar-refractivity contribution is 4.84. The molecule has 3 heteroatoms. The van der Waals surface area contributed by atoms with E-state index in [0.29, 0.717) is 5.92 Å². The molecule has 0 saturated carbocycles. The first-order chi connectivity index (χ1) is 6.44. The van der Waals surface area contributed by atoms with Crippen LogP contribution in [-0.2, 0) is 4.74 Å². The van der Waals surface area contributed by atoms with Gasteiger partial charge in [-0.25, -0.2) is 0 Å². The average molecular weight is 202 g/mol. The van der Waals surface area contributed by atoms with Crippen molar-refractivity contribution in [2.45, 2.75) is 59.1 Å². The Labute approximate surface area is 88.4 Å². The lowest BCUT2D eigenvalue weighted by molar-refractivity contribution is -0.0411. The molecule has 0 heterocycles. The van der Waals surface area contributed by atoms with Gasteiger partial charge in [-0.3, -0.25) is 11.3 Å². The maximum Gasteiger partial charge on any atom is 0.0792 e. The summed E-state index contributed by atoms with van der Waals surface area (Å²) in [6.07, 6.45) is 2.23. The van der Waals surface area contributed by atoms with Gasteiger partial charge in [-0.1, -0.05) is 13.8 Å². The van der Waals surface area contributed by atoms with E-state index in [4.69, 9.17) is 10.6 Å². The van der Waals surface area contributed by atoms with E-state index in [1.54, 1.807) is 0 Å². The lowest BCUT2D eigenvalue weighted by Crippen LogP contribution is -2.51. The summed E-state index contributed by atoms with van der Waals surface area (Å²) in [5, 5.41) is 0. The molecule has 3 N–H and O–H groups in total. The summed E-state index contributed by atoms with van der Waals surface area (Å²) >= 11 is 0. The molecule has 0 aromatic rings. The summed E-state index contributed by atoms with van der Waals surface area (Å²) in [5.41, 5.74) is 2.68. The van der Waals surface area contributed by atoms with E-state index in [9.17, 15) is 0 Å². The molecule has 0 aliphatic carbocycles.